The molecule has 0 unspecified atom stereocenters. The summed E-state index contributed by atoms with van der Waals surface area (Å²) in [5.41, 5.74) is 2.42. The van der Waals surface area contributed by atoms with Crippen molar-refractivity contribution in [2.24, 2.45) is 5.92 Å². The summed E-state index contributed by atoms with van der Waals surface area (Å²) in [6, 6.07) is 0. The number of aromatic nitrogens is 3. The predicted molar refractivity (Wildman–Crippen MR) is 111 cm³/mol. The maximum absolute atomic E-state index is 12.0. The molecule has 4 heterocycles. The van der Waals surface area contributed by atoms with Crippen molar-refractivity contribution in [2.45, 2.75) is 59.0 Å². The van der Waals surface area contributed by atoms with Gasteiger partial charge in [0, 0.05) is 25.2 Å². The number of carbonyl (C=O) groups excluding carboxylic acids is 1. The topological polar surface area (TPSA) is 81.0 Å². The molecule has 0 bridgehead atoms. The van der Waals surface area contributed by atoms with Gasteiger partial charge in [-0.25, -0.2) is 14.3 Å². The zero-order valence-electron chi connectivity index (χ0n) is 17.8. The van der Waals surface area contributed by atoms with E-state index < -0.39 is 5.60 Å². The summed E-state index contributed by atoms with van der Waals surface area (Å²) in [4.78, 5) is 18.9. The molecule has 1 atom stereocenters. The first kappa shape index (κ1) is 19.8. The van der Waals surface area contributed by atoms with E-state index in [4.69, 9.17) is 14.6 Å². The lowest BCUT2D eigenvalue weighted by molar-refractivity contribution is 0.0517. The van der Waals surface area contributed by atoms with E-state index >= 15 is 0 Å². The van der Waals surface area contributed by atoms with Crippen LogP contribution in [0, 0.1) is 12.8 Å². The average molecular weight is 402 g/mol. The molecule has 0 aliphatic carbocycles. The van der Waals surface area contributed by atoms with Crippen molar-refractivity contribution >= 4 is 17.6 Å². The third-order valence-electron chi connectivity index (χ3n) is 5.33. The molecule has 0 spiro atoms. The summed E-state index contributed by atoms with van der Waals surface area (Å²) < 4.78 is 13.2. The molecule has 2 aliphatic heterocycles. The normalized spacial score (nSPS) is 19.6. The molecule has 1 saturated heterocycles. The van der Waals surface area contributed by atoms with E-state index in [1.165, 1.54) is 0 Å². The Hall–Kier alpha value is -2.51. The summed E-state index contributed by atoms with van der Waals surface area (Å²) >= 11 is 0. The number of alkyl carbamates (subject to hydrolysis) is 1. The molecule has 2 aromatic rings. The highest BCUT2D eigenvalue weighted by Gasteiger charge is 2.28. The molecule has 8 heteroatoms. The number of imidazole rings is 1. The lowest BCUT2D eigenvalue weighted by Crippen LogP contribution is -2.43. The van der Waals surface area contributed by atoms with E-state index in [0.29, 0.717) is 12.5 Å². The van der Waals surface area contributed by atoms with Crippen LogP contribution in [0.2, 0.25) is 0 Å². The maximum Gasteiger partial charge on any atom is 0.407 e. The van der Waals surface area contributed by atoms with Crippen molar-refractivity contribution < 1.29 is 14.3 Å². The number of hydrogen-bond donors (Lipinski definition) is 1. The number of ether oxygens (including phenoxy) is 2. The van der Waals surface area contributed by atoms with Crippen molar-refractivity contribution in [3.63, 3.8) is 0 Å². The first-order chi connectivity index (χ1) is 13.8. The third-order valence-corrected chi connectivity index (χ3v) is 5.33. The Labute approximate surface area is 171 Å². The second-order valence-electron chi connectivity index (χ2n) is 9.07. The number of carbonyl (C=O) groups is 1. The zero-order chi connectivity index (χ0) is 20.6. The van der Waals surface area contributed by atoms with E-state index in [1.807, 2.05) is 38.4 Å². The smallest absolute Gasteiger partial charge is 0.407 e. The van der Waals surface area contributed by atoms with E-state index in [-0.39, 0.29) is 6.09 Å². The van der Waals surface area contributed by atoms with Crippen LogP contribution < -0.4 is 15.0 Å². The summed E-state index contributed by atoms with van der Waals surface area (Å²) in [5, 5.41) is 7.83. The number of nitrogens with zero attached hydrogens (tertiary/aromatic N) is 4. The molecule has 0 aromatic carbocycles. The van der Waals surface area contributed by atoms with E-state index in [2.05, 4.69) is 15.2 Å². The van der Waals surface area contributed by atoms with Crippen LogP contribution in [0.3, 0.4) is 0 Å². The van der Waals surface area contributed by atoms with E-state index in [0.717, 1.165) is 73.9 Å². The van der Waals surface area contributed by atoms with Crippen molar-refractivity contribution in [1.29, 1.82) is 0 Å². The number of nitrogens with one attached hydrogen (secondary N) is 1. The highest BCUT2D eigenvalue weighted by molar-refractivity contribution is 5.68. The van der Waals surface area contributed by atoms with Gasteiger partial charge in [-0.1, -0.05) is 0 Å². The van der Waals surface area contributed by atoms with Crippen LogP contribution in [-0.2, 0) is 11.2 Å². The highest BCUT2D eigenvalue weighted by Crippen LogP contribution is 2.36. The molecule has 0 saturated carbocycles. The van der Waals surface area contributed by atoms with Gasteiger partial charge in [-0.15, -0.1) is 5.10 Å². The first-order valence-electron chi connectivity index (χ1n) is 10.5. The summed E-state index contributed by atoms with van der Waals surface area (Å²) in [6.07, 6.45) is 5.69. The number of piperidine rings is 1. The molecule has 1 N–H and O–H groups in total. The molecule has 29 heavy (non-hydrogen) atoms. The van der Waals surface area contributed by atoms with Crippen LogP contribution in [0.4, 0.5) is 10.6 Å². The molecular formula is C21H31N5O3. The van der Waals surface area contributed by atoms with Crippen LogP contribution in [0.1, 0.15) is 51.3 Å². The van der Waals surface area contributed by atoms with Gasteiger partial charge < -0.3 is 19.7 Å². The quantitative estimate of drug-likeness (QED) is 0.851. The minimum absolute atomic E-state index is 0.353. The molecular weight excluding hydrogens is 370 g/mol. The van der Waals surface area contributed by atoms with E-state index in [1.54, 1.807) is 0 Å². The number of anilines is 1. The minimum Gasteiger partial charge on any atom is -0.489 e. The summed E-state index contributed by atoms with van der Waals surface area (Å²) in [6.45, 7) is 10.7. The van der Waals surface area contributed by atoms with Crippen molar-refractivity contribution in [1.82, 2.24) is 19.9 Å². The van der Waals surface area contributed by atoms with Crippen LogP contribution in [-0.4, -0.2) is 52.5 Å². The monoisotopic (exact) mass is 401 g/mol. The molecule has 2 aliphatic rings. The van der Waals surface area contributed by atoms with Crippen molar-refractivity contribution in [3.05, 3.63) is 17.5 Å². The molecule has 2 aromatic heterocycles. The van der Waals surface area contributed by atoms with Gasteiger partial charge >= 0.3 is 6.09 Å². The van der Waals surface area contributed by atoms with Gasteiger partial charge in [-0.05, 0) is 59.3 Å². The van der Waals surface area contributed by atoms with Gasteiger partial charge in [0.2, 0.25) is 0 Å². The van der Waals surface area contributed by atoms with Gasteiger partial charge in [0.15, 0.2) is 17.2 Å². The zero-order valence-corrected chi connectivity index (χ0v) is 17.8. The average Bonchev–Trinajstić information content (AvgIpc) is 3.05. The van der Waals surface area contributed by atoms with Crippen LogP contribution in [0.15, 0.2) is 6.20 Å². The molecule has 4 rings (SSSR count). The Kier molecular flexibility index (Phi) is 5.27. The van der Waals surface area contributed by atoms with Gasteiger partial charge in [0.1, 0.15) is 5.60 Å². The molecule has 8 nitrogen and oxygen atoms in total. The van der Waals surface area contributed by atoms with Crippen LogP contribution in [0.25, 0.3) is 5.65 Å². The van der Waals surface area contributed by atoms with Gasteiger partial charge in [-0.3, -0.25) is 0 Å². The van der Waals surface area contributed by atoms with Crippen molar-refractivity contribution in [3.8, 4) is 5.75 Å². The fourth-order valence-corrected chi connectivity index (χ4v) is 4.14. The first-order valence-corrected chi connectivity index (χ1v) is 10.5. The number of hydrogen-bond acceptors (Lipinski definition) is 6. The lowest BCUT2D eigenvalue weighted by atomic mass is 9.97. The minimum atomic E-state index is -0.482. The molecule has 0 radical (unpaired) electrons. The third kappa shape index (κ3) is 4.41. The second kappa shape index (κ2) is 7.72. The number of aryl methyl sites for hydroxylation is 1. The van der Waals surface area contributed by atoms with Crippen molar-refractivity contribution in [2.75, 3.05) is 31.1 Å². The number of fused-ring (bicyclic) bond motifs is 3. The largest absolute Gasteiger partial charge is 0.489 e. The second-order valence-corrected chi connectivity index (χ2v) is 9.07. The lowest BCUT2D eigenvalue weighted by Gasteiger charge is -2.35. The summed E-state index contributed by atoms with van der Waals surface area (Å²) in [5.74, 6) is 2.23. The van der Waals surface area contributed by atoms with E-state index in [9.17, 15) is 4.79 Å². The Balaban J connectivity index is 1.51. The Morgan fingerprint density at radius 2 is 2.21 bits per heavy atom. The predicted octanol–water partition coefficient (Wildman–Crippen LogP) is 3.10. The summed E-state index contributed by atoms with van der Waals surface area (Å²) in [7, 11) is 0. The Morgan fingerprint density at radius 3 is 3.00 bits per heavy atom. The maximum atomic E-state index is 12.0. The SMILES string of the molecule is Cc1cn2nc(N3CCC[C@@H](CNC(=O)OC(C)(C)C)C3)c3c(c2n1)OCCC3. The fourth-order valence-electron chi connectivity index (χ4n) is 4.14. The fraction of sp³-hybridized carbons (Fsp3) is 0.667. The Bertz CT molecular complexity index is 902. The van der Waals surface area contributed by atoms with Gasteiger partial charge in [0.05, 0.1) is 18.5 Å². The highest BCUT2D eigenvalue weighted by atomic mass is 16.6. The van der Waals surface area contributed by atoms with Gasteiger partial charge in [0.25, 0.3) is 0 Å². The van der Waals surface area contributed by atoms with Crippen LogP contribution in [0.5, 0.6) is 5.75 Å². The molecule has 1 fully saturated rings. The molecule has 158 valence electrons. The Morgan fingerprint density at radius 1 is 1.38 bits per heavy atom. The number of amides is 1. The molecule has 1 amide bonds. The standard InChI is InChI=1S/C21H31N5O3/c1-14-12-26-19(23-14)17-16(8-6-10-28-17)18(24-26)25-9-5-7-15(13-25)11-22-20(27)29-21(2,3)4/h12,15H,5-11,13H2,1-4H3,(H,22,27)/t15-/m0/s1. The van der Waals surface area contributed by atoms with Gasteiger partial charge in [-0.2, -0.15) is 0 Å². The number of rotatable bonds is 3. The van der Waals surface area contributed by atoms with Crippen LogP contribution >= 0.6 is 0 Å².